The number of aromatic nitrogens is 2. The minimum atomic E-state index is 0.0244. The van der Waals surface area contributed by atoms with Crippen molar-refractivity contribution < 1.29 is 5.21 Å². The summed E-state index contributed by atoms with van der Waals surface area (Å²) in [5.74, 6) is 0.615. The molecule has 0 radical (unpaired) electrons. The normalized spacial score (nSPS) is 15.0. The van der Waals surface area contributed by atoms with Gasteiger partial charge in [0.15, 0.2) is 11.7 Å². The second-order valence-electron chi connectivity index (χ2n) is 4.82. The van der Waals surface area contributed by atoms with Crippen molar-refractivity contribution in [3.8, 4) is 0 Å². The second kappa shape index (κ2) is 5.28. The summed E-state index contributed by atoms with van der Waals surface area (Å²) in [4.78, 5) is 4.22. The van der Waals surface area contributed by atoms with Crippen LogP contribution in [0, 0.1) is 0 Å². The number of hydrogen-bond donors (Lipinski definition) is 2. The van der Waals surface area contributed by atoms with Gasteiger partial charge in [-0.05, 0) is 18.2 Å². The maximum Gasteiger partial charge on any atom is 0.173 e. The molecule has 1 aliphatic rings. The Hall–Kier alpha value is -2.83. The highest BCUT2D eigenvalue weighted by Crippen LogP contribution is 2.36. The van der Waals surface area contributed by atoms with E-state index in [-0.39, 0.29) is 5.84 Å². The quantitative estimate of drug-likeness (QED) is 0.372. The third kappa shape index (κ3) is 2.22. The molecule has 0 bridgehead atoms. The van der Waals surface area contributed by atoms with E-state index in [4.69, 9.17) is 10.9 Å². The molecule has 3 N–H and O–H groups in total. The van der Waals surface area contributed by atoms with E-state index in [1.54, 1.807) is 6.07 Å². The van der Waals surface area contributed by atoms with Crippen LogP contribution in [0.25, 0.3) is 0 Å². The van der Waals surface area contributed by atoms with E-state index in [0.717, 1.165) is 24.5 Å². The summed E-state index contributed by atoms with van der Waals surface area (Å²) in [5.41, 5.74) is 8.44. The van der Waals surface area contributed by atoms with E-state index in [9.17, 15) is 0 Å². The first-order valence-corrected chi connectivity index (χ1v) is 6.59. The van der Waals surface area contributed by atoms with E-state index in [1.807, 2.05) is 23.1 Å². The molecule has 0 spiro atoms. The summed E-state index contributed by atoms with van der Waals surface area (Å²) < 4.78 is 0. The molecule has 108 valence electrons. The molecule has 0 saturated carbocycles. The number of oxime groups is 1. The average molecular weight is 284 g/mol. The molecule has 21 heavy (non-hydrogen) atoms. The zero-order chi connectivity index (χ0) is 14.8. The summed E-state index contributed by atoms with van der Waals surface area (Å²) in [6.07, 6.45) is 1.53. The topological polar surface area (TPSA) is 90.9 Å². The van der Waals surface area contributed by atoms with Crippen molar-refractivity contribution in [3.05, 3.63) is 42.1 Å². The van der Waals surface area contributed by atoms with Crippen LogP contribution in [-0.4, -0.2) is 41.4 Å². The highest BCUT2D eigenvalue weighted by molar-refractivity contribution is 6.02. The van der Waals surface area contributed by atoms with Gasteiger partial charge in [-0.1, -0.05) is 17.3 Å². The van der Waals surface area contributed by atoms with Crippen LogP contribution in [0.3, 0.4) is 0 Å². The number of benzene rings is 1. The van der Waals surface area contributed by atoms with Crippen molar-refractivity contribution in [2.24, 2.45) is 10.9 Å². The molecule has 2 aromatic rings. The van der Waals surface area contributed by atoms with Crippen LogP contribution in [0.4, 0.5) is 17.2 Å². The number of fused-ring (bicyclic) bond motifs is 1. The number of para-hydroxylation sites is 2. The van der Waals surface area contributed by atoms with Gasteiger partial charge >= 0.3 is 0 Å². The molecule has 0 saturated heterocycles. The summed E-state index contributed by atoms with van der Waals surface area (Å²) in [5, 5.41) is 20.1. The zero-order valence-corrected chi connectivity index (χ0v) is 11.6. The highest BCUT2D eigenvalue weighted by Gasteiger charge is 2.25. The van der Waals surface area contributed by atoms with Gasteiger partial charge in [0.05, 0.1) is 23.1 Å². The van der Waals surface area contributed by atoms with Crippen molar-refractivity contribution in [2.45, 2.75) is 0 Å². The highest BCUT2D eigenvalue weighted by atomic mass is 16.4. The molecule has 3 rings (SSSR count). The van der Waals surface area contributed by atoms with Crippen LogP contribution in [0.15, 0.2) is 41.7 Å². The van der Waals surface area contributed by atoms with Gasteiger partial charge in [0.1, 0.15) is 0 Å². The molecular weight excluding hydrogens is 268 g/mol. The van der Waals surface area contributed by atoms with Gasteiger partial charge in [-0.3, -0.25) is 0 Å². The van der Waals surface area contributed by atoms with Gasteiger partial charge < -0.3 is 20.7 Å². The molecule has 7 nitrogen and oxygen atoms in total. The minimum Gasteiger partial charge on any atom is -0.409 e. The number of rotatable bonds is 2. The summed E-state index contributed by atoms with van der Waals surface area (Å²) in [6.45, 7) is 1.60. The Morgan fingerprint density at radius 1 is 1.24 bits per heavy atom. The number of nitrogens with two attached hydrogens (primary N) is 1. The number of amidine groups is 1. The van der Waals surface area contributed by atoms with Gasteiger partial charge in [0.25, 0.3) is 0 Å². The summed E-state index contributed by atoms with van der Waals surface area (Å²) in [7, 11) is 2.05. The Morgan fingerprint density at radius 2 is 2.00 bits per heavy atom. The number of nitrogens with zero attached hydrogens (tertiary/aromatic N) is 5. The van der Waals surface area contributed by atoms with Gasteiger partial charge in [-0.2, -0.15) is 5.10 Å². The van der Waals surface area contributed by atoms with Crippen LogP contribution >= 0.6 is 0 Å². The molecule has 0 atom stereocenters. The van der Waals surface area contributed by atoms with Gasteiger partial charge in [0, 0.05) is 20.1 Å². The molecule has 1 aliphatic heterocycles. The summed E-state index contributed by atoms with van der Waals surface area (Å²) >= 11 is 0. The zero-order valence-electron chi connectivity index (χ0n) is 11.6. The molecule has 0 aliphatic carbocycles. The van der Waals surface area contributed by atoms with Crippen molar-refractivity contribution >= 4 is 23.0 Å². The van der Waals surface area contributed by atoms with E-state index in [0.29, 0.717) is 11.4 Å². The lowest BCUT2D eigenvalue weighted by atomic mass is 10.1. The van der Waals surface area contributed by atoms with E-state index < -0.39 is 0 Å². The molecule has 1 aromatic heterocycles. The molecule has 0 unspecified atom stereocenters. The van der Waals surface area contributed by atoms with E-state index >= 15 is 0 Å². The largest absolute Gasteiger partial charge is 0.409 e. The lowest BCUT2D eigenvalue weighted by molar-refractivity contribution is 0.318. The van der Waals surface area contributed by atoms with Crippen molar-refractivity contribution in [1.29, 1.82) is 0 Å². The van der Waals surface area contributed by atoms with Crippen molar-refractivity contribution in [1.82, 2.24) is 10.2 Å². The van der Waals surface area contributed by atoms with Crippen LogP contribution in [0.2, 0.25) is 0 Å². The molecular formula is C14H16N6O. The third-order valence-electron chi connectivity index (χ3n) is 3.58. The van der Waals surface area contributed by atoms with Crippen LogP contribution in [-0.2, 0) is 0 Å². The predicted molar refractivity (Wildman–Crippen MR) is 81.3 cm³/mol. The van der Waals surface area contributed by atoms with Gasteiger partial charge in [-0.25, -0.2) is 0 Å². The first-order valence-electron chi connectivity index (χ1n) is 6.59. The summed E-state index contributed by atoms with van der Waals surface area (Å²) in [6, 6.07) is 9.75. The van der Waals surface area contributed by atoms with Crippen LogP contribution in [0.5, 0.6) is 0 Å². The molecule has 0 amide bonds. The first-order chi connectivity index (χ1) is 10.2. The SMILES string of the molecule is CN1CCN(c2nnccc2/C(N)=N/O)c2ccccc21. The Kier molecular flexibility index (Phi) is 3.31. The van der Waals surface area contributed by atoms with E-state index in [1.165, 1.54) is 6.20 Å². The number of anilines is 3. The fourth-order valence-corrected chi connectivity index (χ4v) is 2.50. The maximum atomic E-state index is 8.94. The minimum absolute atomic E-state index is 0.0244. The number of hydrogen-bond acceptors (Lipinski definition) is 6. The Labute approximate surface area is 122 Å². The van der Waals surface area contributed by atoms with E-state index in [2.05, 4.69) is 33.4 Å². The predicted octanol–water partition coefficient (Wildman–Crippen LogP) is 1.16. The fraction of sp³-hybridized carbons (Fsp3) is 0.214. The molecule has 1 aromatic carbocycles. The van der Waals surface area contributed by atoms with Gasteiger partial charge in [0.2, 0.25) is 0 Å². The third-order valence-corrected chi connectivity index (χ3v) is 3.58. The lowest BCUT2D eigenvalue weighted by Gasteiger charge is -2.36. The lowest BCUT2D eigenvalue weighted by Crippen LogP contribution is -2.37. The van der Waals surface area contributed by atoms with Crippen LogP contribution < -0.4 is 15.5 Å². The smallest absolute Gasteiger partial charge is 0.173 e. The van der Waals surface area contributed by atoms with Crippen molar-refractivity contribution in [3.63, 3.8) is 0 Å². The average Bonchev–Trinajstić information content (AvgIpc) is 2.55. The molecule has 7 heteroatoms. The Balaban J connectivity index is 2.13. The maximum absolute atomic E-state index is 8.94. The standard InChI is InChI=1S/C14H16N6O/c1-19-8-9-20(12-5-3-2-4-11(12)19)14-10(13(15)18-21)6-7-16-17-14/h2-7,21H,8-9H2,1H3,(H2,15,18). The second-order valence-corrected chi connectivity index (χ2v) is 4.82. The number of likely N-dealkylation sites (N-methyl/N-ethyl adjacent to an activating group) is 1. The van der Waals surface area contributed by atoms with Crippen LogP contribution in [0.1, 0.15) is 5.56 Å². The fourth-order valence-electron chi connectivity index (χ4n) is 2.50. The van der Waals surface area contributed by atoms with Crippen molar-refractivity contribution in [2.75, 3.05) is 29.9 Å². The van der Waals surface area contributed by atoms with Gasteiger partial charge in [-0.15, -0.1) is 5.10 Å². The Morgan fingerprint density at radius 3 is 2.76 bits per heavy atom. The molecule has 2 heterocycles. The Bertz CT molecular complexity index is 687. The molecule has 0 fully saturated rings. The monoisotopic (exact) mass is 284 g/mol. The first kappa shape index (κ1) is 13.2.